The van der Waals surface area contributed by atoms with Crippen molar-refractivity contribution in [2.75, 3.05) is 24.5 Å². The van der Waals surface area contributed by atoms with Crippen molar-refractivity contribution in [1.29, 1.82) is 0 Å². The SMILES string of the molecule is CC1CN(c2ccccc2)CCN1C(=O)Cc1cnccn1. The van der Waals surface area contributed by atoms with Crippen molar-refractivity contribution in [3.8, 4) is 0 Å². The Bertz CT molecular complexity index is 617. The van der Waals surface area contributed by atoms with Crippen LogP contribution in [-0.2, 0) is 11.2 Å². The monoisotopic (exact) mass is 296 g/mol. The van der Waals surface area contributed by atoms with Crippen molar-refractivity contribution in [3.05, 3.63) is 54.6 Å². The van der Waals surface area contributed by atoms with E-state index in [1.54, 1.807) is 18.6 Å². The van der Waals surface area contributed by atoms with Crippen LogP contribution < -0.4 is 4.90 Å². The lowest BCUT2D eigenvalue weighted by Crippen LogP contribution is -2.54. The summed E-state index contributed by atoms with van der Waals surface area (Å²) in [5.41, 5.74) is 1.94. The molecule has 1 saturated heterocycles. The molecule has 0 bridgehead atoms. The molecule has 1 aromatic heterocycles. The first-order valence-corrected chi connectivity index (χ1v) is 7.58. The number of nitrogens with zero attached hydrogens (tertiary/aromatic N) is 4. The fourth-order valence-electron chi connectivity index (χ4n) is 2.88. The van der Waals surface area contributed by atoms with Crippen molar-refractivity contribution in [3.63, 3.8) is 0 Å². The molecule has 0 spiro atoms. The van der Waals surface area contributed by atoms with Crippen LogP contribution in [0.3, 0.4) is 0 Å². The van der Waals surface area contributed by atoms with Gasteiger partial charge in [0.25, 0.3) is 0 Å². The molecule has 0 N–H and O–H groups in total. The second-order valence-corrected chi connectivity index (χ2v) is 5.59. The van der Waals surface area contributed by atoms with Gasteiger partial charge in [-0.25, -0.2) is 0 Å². The summed E-state index contributed by atoms with van der Waals surface area (Å²) in [6, 6.07) is 10.5. The van der Waals surface area contributed by atoms with Crippen LogP contribution in [0.5, 0.6) is 0 Å². The van der Waals surface area contributed by atoms with Crippen molar-refractivity contribution < 1.29 is 4.79 Å². The number of rotatable bonds is 3. The van der Waals surface area contributed by atoms with Gasteiger partial charge >= 0.3 is 0 Å². The van der Waals surface area contributed by atoms with Gasteiger partial charge < -0.3 is 9.80 Å². The van der Waals surface area contributed by atoms with Gasteiger partial charge in [-0.3, -0.25) is 14.8 Å². The van der Waals surface area contributed by atoms with Crippen LogP contribution in [-0.4, -0.2) is 46.5 Å². The van der Waals surface area contributed by atoms with Gasteiger partial charge in [0.05, 0.1) is 12.1 Å². The minimum atomic E-state index is 0.126. The summed E-state index contributed by atoms with van der Waals surface area (Å²) in [5.74, 6) is 0.126. The predicted octanol–water partition coefficient (Wildman–Crippen LogP) is 1.76. The van der Waals surface area contributed by atoms with Crippen molar-refractivity contribution >= 4 is 11.6 Å². The van der Waals surface area contributed by atoms with Gasteiger partial charge in [0.2, 0.25) is 5.91 Å². The molecule has 3 rings (SSSR count). The van der Waals surface area contributed by atoms with Gasteiger partial charge in [-0.15, -0.1) is 0 Å². The highest BCUT2D eigenvalue weighted by Gasteiger charge is 2.27. The number of hydrogen-bond donors (Lipinski definition) is 0. The van der Waals surface area contributed by atoms with Crippen molar-refractivity contribution in [2.24, 2.45) is 0 Å². The molecule has 1 unspecified atom stereocenters. The lowest BCUT2D eigenvalue weighted by molar-refractivity contribution is -0.132. The van der Waals surface area contributed by atoms with Gasteiger partial charge in [0, 0.05) is 50.0 Å². The summed E-state index contributed by atoms with van der Waals surface area (Å²) in [5, 5.41) is 0. The third-order valence-corrected chi connectivity index (χ3v) is 4.02. The smallest absolute Gasteiger partial charge is 0.229 e. The van der Waals surface area contributed by atoms with Gasteiger partial charge in [-0.05, 0) is 19.1 Å². The molecule has 5 heteroatoms. The Labute approximate surface area is 130 Å². The number of benzene rings is 1. The minimum Gasteiger partial charge on any atom is -0.368 e. The van der Waals surface area contributed by atoms with Crippen LogP contribution in [0.4, 0.5) is 5.69 Å². The number of para-hydroxylation sites is 1. The number of anilines is 1. The number of hydrogen-bond acceptors (Lipinski definition) is 4. The quantitative estimate of drug-likeness (QED) is 0.866. The van der Waals surface area contributed by atoms with E-state index in [-0.39, 0.29) is 11.9 Å². The van der Waals surface area contributed by atoms with Crippen LogP contribution in [0.2, 0.25) is 0 Å². The molecule has 0 radical (unpaired) electrons. The molecule has 1 fully saturated rings. The molecule has 22 heavy (non-hydrogen) atoms. The molecule has 2 heterocycles. The van der Waals surface area contributed by atoms with E-state index in [1.807, 2.05) is 23.1 Å². The number of carbonyl (C=O) groups excluding carboxylic acids is 1. The van der Waals surface area contributed by atoms with E-state index in [1.165, 1.54) is 5.69 Å². The zero-order valence-corrected chi connectivity index (χ0v) is 12.7. The summed E-state index contributed by atoms with van der Waals surface area (Å²) >= 11 is 0. The Balaban J connectivity index is 1.62. The first-order chi connectivity index (χ1) is 10.7. The minimum absolute atomic E-state index is 0.126. The maximum atomic E-state index is 12.5. The topological polar surface area (TPSA) is 49.3 Å². The van der Waals surface area contributed by atoms with Gasteiger partial charge in [-0.1, -0.05) is 18.2 Å². The highest BCUT2D eigenvalue weighted by molar-refractivity contribution is 5.79. The summed E-state index contributed by atoms with van der Waals surface area (Å²) in [6.07, 6.45) is 5.22. The van der Waals surface area contributed by atoms with E-state index in [9.17, 15) is 4.79 Å². The molecule has 2 aromatic rings. The molecule has 114 valence electrons. The van der Waals surface area contributed by atoms with Crippen LogP contribution >= 0.6 is 0 Å². The maximum absolute atomic E-state index is 12.5. The lowest BCUT2D eigenvalue weighted by atomic mass is 10.1. The third kappa shape index (κ3) is 3.24. The number of piperazine rings is 1. The normalized spacial score (nSPS) is 18.3. The molecule has 0 aliphatic carbocycles. The third-order valence-electron chi connectivity index (χ3n) is 4.02. The fourth-order valence-corrected chi connectivity index (χ4v) is 2.88. The van der Waals surface area contributed by atoms with E-state index < -0.39 is 0 Å². The standard InChI is InChI=1S/C17H20N4O/c1-14-13-20(16-5-3-2-4-6-16)9-10-21(14)17(22)11-15-12-18-7-8-19-15/h2-8,12,14H,9-11,13H2,1H3. The van der Waals surface area contributed by atoms with Crippen LogP contribution in [0.15, 0.2) is 48.9 Å². The zero-order valence-electron chi connectivity index (χ0n) is 12.7. The fraction of sp³-hybridized carbons (Fsp3) is 0.353. The predicted molar refractivity (Wildman–Crippen MR) is 85.6 cm³/mol. The number of amides is 1. The summed E-state index contributed by atoms with van der Waals surface area (Å²) in [4.78, 5) is 24.9. The van der Waals surface area contributed by atoms with E-state index in [0.717, 1.165) is 25.3 Å². The highest BCUT2D eigenvalue weighted by Crippen LogP contribution is 2.19. The maximum Gasteiger partial charge on any atom is 0.229 e. The Hall–Kier alpha value is -2.43. The average Bonchev–Trinajstić information content (AvgIpc) is 2.56. The molecule has 5 nitrogen and oxygen atoms in total. The second-order valence-electron chi connectivity index (χ2n) is 5.59. The van der Waals surface area contributed by atoms with Crippen LogP contribution in [0, 0.1) is 0 Å². The first kappa shape index (κ1) is 14.5. The van der Waals surface area contributed by atoms with Gasteiger partial charge in [0.15, 0.2) is 0 Å². The summed E-state index contributed by atoms with van der Waals surface area (Å²) in [6.45, 7) is 4.57. The Kier molecular flexibility index (Phi) is 4.32. The molecular formula is C17H20N4O. The average molecular weight is 296 g/mol. The van der Waals surface area contributed by atoms with E-state index in [0.29, 0.717) is 6.42 Å². The van der Waals surface area contributed by atoms with Crippen molar-refractivity contribution in [2.45, 2.75) is 19.4 Å². The van der Waals surface area contributed by atoms with Crippen LogP contribution in [0.25, 0.3) is 0 Å². The Morgan fingerprint density at radius 3 is 2.73 bits per heavy atom. The van der Waals surface area contributed by atoms with Crippen molar-refractivity contribution in [1.82, 2.24) is 14.9 Å². The number of aromatic nitrogens is 2. The molecule has 0 saturated carbocycles. The van der Waals surface area contributed by atoms with E-state index in [4.69, 9.17) is 0 Å². The zero-order chi connectivity index (χ0) is 15.4. The Morgan fingerprint density at radius 2 is 2.05 bits per heavy atom. The summed E-state index contributed by atoms with van der Waals surface area (Å²) in [7, 11) is 0. The Morgan fingerprint density at radius 1 is 1.23 bits per heavy atom. The summed E-state index contributed by atoms with van der Waals surface area (Å²) < 4.78 is 0. The van der Waals surface area contributed by atoms with E-state index in [2.05, 4.69) is 33.9 Å². The van der Waals surface area contributed by atoms with Gasteiger partial charge in [0.1, 0.15) is 0 Å². The molecule has 1 aromatic carbocycles. The van der Waals surface area contributed by atoms with Gasteiger partial charge in [-0.2, -0.15) is 0 Å². The van der Waals surface area contributed by atoms with Crippen LogP contribution in [0.1, 0.15) is 12.6 Å². The highest BCUT2D eigenvalue weighted by atomic mass is 16.2. The lowest BCUT2D eigenvalue weighted by Gasteiger charge is -2.41. The molecule has 1 aliphatic heterocycles. The second kappa shape index (κ2) is 6.56. The molecular weight excluding hydrogens is 276 g/mol. The van der Waals surface area contributed by atoms with E-state index >= 15 is 0 Å². The molecule has 1 aliphatic rings. The molecule has 1 atom stereocenters. The number of carbonyl (C=O) groups is 1. The molecule has 1 amide bonds. The largest absolute Gasteiger partial charge is 0.368 e. The first-order valence-electron chi connectivity index (χ1n) is 7.58.